The van der Waals surface area contributed by atoms with E-state index in [0.29, 0.717) is 0 Å². The molecule has 0 amide bonds. The van der Waals surface area contributed by atoms with E-state index in [4.69, 9.17) is 4.74 Å². The van der Waals surface area contributed by atoms with Gasteiger partial charge in [-0.05, 0) is 26.7 Å². The van der Waals surface area contributed by atoms with Gasteiger partial charge in [0.1, 0.15) is 17.5 Å². The van der Waals surface area contributed by atoms with Gasteiger partial charge in [0.2, 0.25) is 0 Å². The summed E-state index contributed by atoms with van der Waals surface area (Å²) in [6.45, 7) is 9.87. The van der Waals surface area contributed by atoms with Crippen LogP contribution in [-0.4, -0.2) is 42.3 Å². The van der Waals surface area contributed by atoms with Gasteiger partial charge >= 0.3 is 0 Å². The van der Waals surface area contributed by atoms with Gasteiger partial charge in [-0.1, -0.05) is 6.92 Å². The molecule has 0 radical (unpaired) electrons. The summed E-state index contributed by atoms with van der Waals surface area (Å²) < 4.78 is 5.68. The molecule has 0 aromatic carbocycles. The molecule has 0 aliphatic carbocycles. The summed E-state index contributed by atoms with van der Waals surface area (Å²) in [6, 6.07) is 2.04. The van der Waals surface area contributed by atoms with Crippen molar-refractivity contribution in [1.29, 1.82) is 0 Å². The summed E-state index contributed by atoms with van der Waals surface area (Å²) in [5, 5.41) is 3.33. The summed E-state index contributed by atoms with van der Waals surface area (Å²) in [7, 11) is 0. The Kier molecular flexibility index (Phi) is 4.96. The lowest BCUT2D eigenvalue weighted by molar-refractivity contribution is 0.0820. The third-order valence-electron chi connectivity index (χ3n) is 3.16. The highest BCUT2D eigenvalue weighted by molar-refractivity contribution is 5.49. The number of hydrogen-bond acceptors (Lipinski definition) is 5. The van der Waals surface area contributed by atoms with Gasteiger partial charge in [-0.3, -0.25) is 0 Å². The van der Waals surface area contributed by atoms with E-state index in [0.717, 1.165) is 56.5 Å². The summed E-state index contributed by atoms with van der Waals surface area (Å²) in [4.78, 5) is 11.3. The molecule has 1 aliphatic heterocycles. The molecule has 106 valence electrons. The third-order valence-corrected chi connectivity index (χ3v) is 3.16. The Bertz CT molecular complexity index is 410. The SMILES string of the molecule is CCCNc1cc(N2CCCOC(C)C2)nc(C)n1. The summed E-state index contributed by atoms with van der Waals surface area (Å²) in [5.74, 6) is 2.74. The van der Waals surface area contributed by atoms with Crippen molar-refractivity contribution in [2.75, 3.05) is 36.5 Å². The highest BCUT2D eigenvalue weighted by Gasteiger charge is 2.17. The van der Waals surface area contributed by atoms with Crippen molar-refractivity contribution in [3.8, 4) is 0 Å². The summed E-state index contributed by atoms with van der Waals surface area (Å²) in [5.41, 5.74) is 0. The smallest absolute Gasteiger partial charge is 0.134 e. The van der Waals surface area contributed by atoms with Crippen molar-refractivity contribution in [3.63, 3.8) is 0 Å². The molecular weight excluding hydrogens is 240 g/mol. The van der Waals surface area contributed by atoms with Crippen LogP contribution in [-0.2, 0) is 4.74 Å². The second kappa shape index (κ2) is 6.70. The number of nitrogens with zero attached hydrogens (tertiary/aromatic N) is 3. The van der Waals surface area contributed by atoms with Gasteiger partial charge in [0.15, 0.2) is 0 Å². The number of hydrogen-bond donors (Lipinski definition) is 1. The standard InChI is InChI=1S/C14H24N4O/c1-4-6-15-13-9-14(17-12(3)16-13)18-7-5-8-19-11(2)10-18/h9,11H,4-8,10H2,1-3H3,(H,15,16,17). The predicted octanol–water partition coefficient (Wildman–Crippen LogP) is 2.22. The highest BCUT2D eigenvalue weighted by atomic mass is 16.5. The fraction of sp³-hybridized carbons (Fsp3) is 0.714. The molecule has 1 aromatic rings. The summed E-state index contributed by atoms with van der Waals surface area (Å²) >= 11 is 0. The Morgan fingerprint density at radius 3 is 3.11 bits per heavy atom. The van der Waals surface area contributed by atoms with Gasteiger partial charge in [-0.2, -0.15) is 0 Å². The molecule has 1 fully saturated rings. The maximum atomic E-state index is 5.68. The Morgan fingerprint density at radius 2 is 2.32 bits per heavy atom. The van der Waals surface area contributed by atoms with Crippen LogP contribution < -0.4 is 10.2 Å². The lowest BCUT2D eigenvalue weighted by Crippen LogP contribution is -2.31. The molecule has 1 atom stereocenters. The molecule has 2 rings (SSSR count). The van der Waals surface area contributed by atoms with Crippen molar-refractivity contribution >= 4 is 11.6 Å². The second-order valence-corrected chi connectivity index (χ2v) is 5.07. The molecule has 19 heavy (non-hydrogen) atoms. The molecule has 1 unspecified atom stereocenters. The monoisotopic (exact) mass is 264 g/mol. The lowest BCUT2D eigenvalue weighted by atomic mass is 10.3. The van der Waals surface area contributed by atoms with E-state index < -0.39 is 0 Å². The molecule has 1 aromatic heterocycles. The molecule has 1 N–H and O–H groups in total. The maximum absolute atomic E-state index is 5.68. The van der Waals surface area contributed by atoms with Crippen LogP contribution >= 0.6 is 0 Å². The minimum Gasteiger partial charge on any atom is -0.377 e. The van der Waals surface area contributed by atoms with E-state index in [1.165, 1.54) is 0 Å². The number of aromatic nitrogens is 2. The molecular formula is C14H24N4O. The molecule has 5 nitrogen and oxygen atoms in total. The number of ether oxygens (including phenoxy) is 1. The van der Waals surface area contributed by atoms with Gasteiger partial charge < -0.3 is 15.0 Å². The minimum absolute atomic E-state index is 0.254. The average molecular weight is 264 g/mol. The van der Waals surface area contributed by atoms with Gasteiger partial charge in [0.25, 0.3) is 0 Å². The fourth-order valence-corrected chi connectivity index (χ4v) is 2.26. The predicted molar refractivity (Wildman–Crippen MR) is 77.8 cm³/mol. The normalized spacial score (nSPS) is 20.2. The number of anilines is 2. The van der Waals surface area contributed by atoms with Crippen LogP contribution in [0, 0.1) is 6.92 Å². The Hall–Kier alpha value is -1.36. The zero-order valence-corrected chi connectivity index (χ0v) is 12.1. The van der Waals surface area contributed by atoms with E-state index >= 15 is 0 Å². The van der Waals surface area contributed by atoms with Crippen molar-refractivity contribution in [2.24, 2.45) is 0 Å². The molecule has 0 saturated carbocycles. The molecule has 1 aliphatic rings. The van der Waals surface area contributed by atoms with Crippen molar-refractivity contribution in [3.05, 3.63) is 11.9 Å². The van der Waals surface area contributed by atoms with E-state index in [-0.39, 0.29) is 6.10 Å². The Balaban J connectivity index is 2.15. The largest absolute Gasteiger partial charge is 0.377 e. The molecule has 0 bridgehead atoms. The van der Waals surface area contributed by atoms with Crippen molar-refractivity contribution in [1.82, 2.24) is 9.97 Å². The molecule has 2 heterocycles. The maximum Gasteiger partial charge on any atom is 0.134 e. The quantitative estimate of drug-likeness (QED) is 0.903. The van der Waals surface area contributed by atoms with Crippen LogP contribution in [0.3, 0.4) is 0 Å². The van der Waals surface area contributed by atoms with Crippen LogP contribution in [0.5, 0.6) is 0 Å². The van der Waals surface area contributed by atoms with Crippen molar-refractivity contribution < 1.29 is 4.74 Å². The highest BCUT2D eigenvalue weighted by Crippen LogP contribution is 2.18. The van der Waals surface area contributed by atoms with Gasteiger partial charge in [-0.25, -0.2) is 9.97 Å². The number of rotatable bonds is 4. The van der Waals surface area contributed by atoms with E-state index in [9.17, 15) is 0 Å². The van der Waals surface area contributed by atoms with E-state index in [2.05, 4.69) is 34.0 Å². The first-order chi connectivity index (χ1) is 9.19. The first-order valence-corrected chi connectivity index (χ1v) is 7.15. The third kappa shape index (κ3) is 4.06. The second-order valence-electron chi connectivity index (χ2n) is 5.07. The zero-order valence-electron chi connectivity index (χ0n) is 12.1. The number of nitrogens with one attached hydrogen (secondary N) is 1. The van der Waals surface area contributed by atoms with Gasteiger partial charge in [0.05, 0.1) is 6.10 Å². The van der Waals surface area contributed by atoms with Crippen molar-refractivity contribution in [2.45, 2.75) is 39.7 Å². The van der Waals surface area contributed by atoms with Crippen LogP contribution in [0.25, 0.3) is 0 Å². The topological polar surface area (TPSA) is 50.3 Å². The van der Waals surface area contributed by atoms with Crippen LogP contribution in [0.2, 0.25) is 0 Å². The fourth-order valence-electron chi connectivity index (χ4n) is 2.26. The molecule has 1 saturated heterocycles. The van der Waals surface area contributed by atoms with Gasteiger partial charge in [-0.15, -0.1) is 0 Å². The minimum atomic E-state index is 0.254. The zero-order chi connectivity index (χ0) is 13.7. The molecule has 5 heteroatoms. The van der Waals surface area contributed by atoms with Crippen LogP contribution in [0.4, 0.5) is 11.6 Å². The first-order valence-electron chi connectivity index (χ1n) is 7.15. The van der Waals surface area contributed by atoms with Crippen LogP contribution in [0.15, 0.2) is 6.07 Å². The van der Waals surface area contributed by atoms with E-state index in [1.807, 2.05) is 13.0 Å². The Morgan fingerprint density at radius 1 is 1.47 bits per heavy atom. The van der Waals surface area contributed by atoms with Crippen LogP contribution in [0.1, 0.15) is 32.5 Å². The first kappa shape index (κ1) is 14.1. The Labute approximate surface area is 115 Å². The van der Waals surface area contributed by atoms with Gasteiger partial charge in [0, 0.05) is 32.3 Å². The lowest BCUT2D eigenvalue weighted by Gasteiger charge is -2.23. The number of aryl methyl sites for hydroxylation is 1. The average Bonchev–Trinajstić information content (AvgIpc) is 2.60. The van der Waals surface area contributed by atoms with E-state index in [1.54, 1.807) is 0 Å². The molecule has 0 spiro atoms. The summed E-state index contributed by atoms with van der Waals surface area (Å²) in [6.07, 6.45) is 2.39.